The molecule has 0 saturated carbocycles. The summed E-state index contributed by atoms with van der Waals surface area (Å²) in [6.45, 7) is 7.06. The number of rotatable bonds is 4. The number of hydrogen-bond acceptors (Lipinski definition) is 4. The summed E-state index contributed by atoms with van der Waals surface area (Å²) in [4.78, 5) is 4.39. The van der Waals surface area contributed by atoms with Gasteiger partial charge in [-0.25, -0.2) is 4.98 Å². The number of thiazole rings is 1. The molecule has 2 heterocycles. The van der Waals surface area contributed by atoms with Crippen LogP contribution in [0.3, 0.4) is 0 Å². The molecule has 0 aliphatic carbocycles. The van der Waals surface area contributed by atoms with Gasteiger partial charge < -0.3 is 5.32 Å². The summed E-state index contributed by atoms with van der Waals surface area (Å²) >= 11 is 1.48. The van der Waals surface area contributed by atoms with E-state index in [1.807, 2.05) is 5.38 Å². The average Bonchev–Trinajstić information content (AvgIpc) is 2.94. The number of hydrogen-bond donors (Lipinski definition) is 1. The molecule has 0 saturated heterocycles. The minimum atomic E-state index is -4.36. The van der Waals surface area contributed by atoms with Crippen molar-refractivity contribution in [3.05, 3.63) is 34.0 Å². The van der Waals surface area contributed by atoms with Crippen LogP contribution in [0, 0.1) is 0 Å². The Morgan fingerprint density at radius 3 is 2.57 bits per heavy atom. The fraction of sp³-hybridized carbons (Fsp3) is 0.538. The van der Waals surface area contributed by atoms with Gasteiger partial charge in [-0.3, -0.25) is 4.68 Å². The van der Waals surface area contributed by atoms with Crippen molar-refractivity contribution in [1.82, 2.24) is 20.1 Å². The van der Waals surface area contributed by atoms with Gasteiger partial charge in [0.1, 0.15) is 5.01 Å². The van der Waals surface area contributed by atoms with Crippen LogP contribution in [-0.2, 0) is 19.3 Å². The Morgan fingerprint density at radius 2 is 2.00 bits per heavy atom. The van der Waals surface area contributed by atoms with E-state index in [2.05, 4.69) is 36.2 Å². The zero-order valence-electron chi connectivity index (χ0n) is 12.0. The van der Waals surface area contributed by atoms with Gasteiger partial charge in [-0.2, -0.15) is 18.3 Å². The van der Waals surface area contributed by atoms with Crippen LogP contribution in [0.1, 0.15) is 37.0 Å². The van der Waals surface area contributed by atoms with Crippen LogP contribution < -0.4 is 5.32 Å². The van der Waals surface area contributed by atoms with E-state index >= 15 is 0 Å². The van der Waals surface area contributed by atoms with Crippen LogP contribution in [0.2, 0.25) is 0 Å². The van der Waals surface area contributed by atoms with Gasteiger partial charge >= 0.3 is 6.18 Å². The number of nitrogens with one attached hydrogen (secondary N) is 1. The summed E-state index contributed by atoms with van der Waals surface area (Å²) in [5.74, 6) is 0. The molecule has 4 nitrogen and oxygen atoms in total. The lowest BCUT2D eigenvalue weighted by molar-refractivity contribution is -0.137. The number of aromatic nitrogens is 3. The van der Waals surface area contributed by atoms with E-state index in [1.54, 1.807) is 0 Å². The Balaban J connectivity index is 1.98. The van der Waals surface area contributed by atoms with Crippen molar-refractivity contribution in [3.63, 3.8) is 0 Å². The largest absolute Gasteiger partial charge is 0.419 e. The van der Waals surface area contributed by atoms with Gasteiger partial charge in [0.15, 0.2) is 0 Å². The Morgan fingerprint density at radius 1 is 1.29 bits per heavy atom. The fourth-order valence-electron chi connectivity index (χ4n) is 1.61. The number of alkyl halides is 3. The first-order valence-electron chi connectivity index (χ1n) is 6.41. The van der Waals surface area contributed by atoms with E-state index < -0.39 is 11.7 Å². The summed E-state index contributed by atoms with van der Waals surface area (Å²) < 4.78 is 38.7. The van der Waals surface area contributed by atoms with Crippen LogP contribution in [0.25, 0.3) is 0 Å². The first-order chi connectivity index (χ1) is 9.63. The van der Waals surface area contributed by atoms with E-state index in [0.717, 1.165) is 17.4 Å². The van der Waals surface area contributed by atoms with Crippen molar-refractivity contribution in [3.8, 4) is 0 Å². The van der Waals surface area contributed by atoms with Crippen molar-refractivity contribution in [1.29, 1.82) is 0 Å². The lowest BCUT2D eigenvalue weighted by Crippen LogP contribution is -2.35. The number of nitrogens with zero attached hydrogens (tertiary/aromatic N) is 3. The average molecular weight is 318 g/mol. The molecule has 116 valence electrons. The maximum absolute atomic E-state index is 12.5. The second-order valence-corrected chi connectivity index (χ2v) is 6.70. The topological polar surface area (TPSA) is 42.7 Å². The van der Waals surface area contributed by atoms with E-state index in [9.17, 15) is 13.2 Å². The smallest absolute Gasteiger partial charge is 0.306 e. The maximum Gasteiger partial charge on any atom is 0.419 e. The van der Waals surface area contributed by atoms with Crippen LogP contribution in [0.15, 0.2) is 17.8 Å². The SMILES string of the molecule is CC(C)(C)NCc1nc(Cn2cc(C(F)(F)F)cn2)cs1. The quantitative estimate of drug-likeness (QED) is 0.940. The molecule has 8 heteroatoms. The maximum atomic E-state index is 12.5. The molecule has 0 aliphatic heterocycles. The summed E-state index contributed by atoms with van der Waals surface area (Å²) in [7, 11) is 0. The van der Waals surface area contributed by atoms with Gasteiger partial charge in [-0.05, 0) is 20.8 Å². The van der Waals surface area contributed by atoms with E-state index in [4.69, 9.17) is 0 Å². The molecule has 0 radical (unpaired) electrons. The van der Waals surface area contributed by atoms with Crippen LogP contribution in [-0.4, -0.2) is 20.3 Å². The van der Waals surface area contributed by atoms with E-state index in [-0.39, 0.29) is 12.1 Å². The van der Waals surface area contributed by atoms with Gasteiger partial charge in [0.25, 0.3) is 0 Å². The molecule has 21 heavy (non-hydrogen) atoms. The summed E-state index contributed by atoms with van der Waals surface area (Å²) in [5, 5.41) is 9.78. The van der Waals surface area contributed by atoms with Crippen molar-refractivity contribution < 1.29 is 13.2 Å². The molecule has 0 spiro atoms. The third kappa shape index (κ3) is 4.82. The molecule has 0 amide bonds. The highest BCUT2D eigenvalue weighted by molar-refractivity contribution is 7.09. The minimum Gasteiger partial charge on any atom is -0.306 e. The Bertz CT molecular complexity index is 595. The van der Waals surface area contributed by atoms with E-state index in [1.165, 1.54) is 16.0 Å². The first-order valence-corrected chi connectivity index (χ1v) is 7.29. The molecular formula is C13H17F3N4S. The molecule has 1 N–H and O–H groups in total. The predicted molar refractivity (Wildman–Crippen MR) is 75.0 cm³/mol. The fourth-order valence-corrected chi connectivity index (χ4v) is 2.33. The molecule has 0 fully saturated rings. The summed E-state index contributed by atoms with van der Waals surface area (Å²) in [6.07, 6.45) is -2.54. The van der Waals surface area contributed by atoms with Crippen molar-refractivity contribution in [2.24, 2.45) is 0 Å². The zero-order chi connectivity index (χ0) is 15.7. The highest BCUT2D eigenvalue weighted by atomic mass is 32.1. The molecular weight excluding hydrogens is 301 g/mol. The molecule has 0 aliphatic rings. The lowest BCUT2D eigenvalue weighted by atomic mass is 10.1. The predicted octanol–water partition coefficient (Wildman–Crippen LogP) is 3.29. The molecule has 2 rings (SSSR count). The minimum absolute atomic E-state index is 0.00454. The Hall–Kier alpha value is -1.41. The highest BCUT2D eigenvalue weighted by Crippen LogP contribution is 2.28. The van der Waals surface area contributed by atoms with Gasteiger partial charge in [-0.15, -0.1) is 11.3 Å². The highest BCUT2D eigenvalue weighted by Gasteiger charge is 2.32. The molecule has 0 bridgehead atoms. The van der Waals surface area contributed by atoms with Crippen molar-refractivity contribution in [2.45, 2.75) is 45.6 Å². The molecule has 0 aromatic carbocycles. The van der Waals surface area contributed by atoms with Crippen molar-refractivity contribution in [2.75, 3.05) is 0 Å². The van der Waals surface area contributed by atoms with Crippen LogP contribution >= 0.6 is 11.3 Å². The van der Waals surface area contributed by atoms with Gasteiger partial charge in [-0.1, -0.05) is 0 Å². The standard InChI is InChI=1S/C13H17F3N4S/c1-12(2,3)17-5-11-19-10(8-21-11)7-20-6-9(4-18-20)13(14,15)16/h4,6,8,17H,5,7H2,1-3H3. The second-order valence-electron chi connectivity index (χ2n) is 5.76. The molecule has 2 aromatic heterocycles. The summed E-state index contributed by atoms with van der Waals surface area (Å²) in [6, 6.07) is 0. The Labute approximate surface area is 125 Å². The monoisotopic (exact) mass is 318 g/mol. The van der Waals surface area contributed by atoms with Crippen LogP contribution in [0.5, 0.6) is 0 Å². The van der Waals surface area contributed by atoms with Crippen LogP contribution in [0.4, 0.5) is 13.2 Å². The second kappa shape index (κ2) is 5.76. The lowest BCUT2D eigenvalue weighted by Gasteiger charge is -2.19. The Kier molecular flexibility index (Phi) is 4.38. The van der Waals surface area contributed by atoms with Gasteiger partial charge in [0.05, 0.1) is 24.0 Å². The van der Waals surface area contributed by atoms with Gasteiger partial charge in [0.2, 0.25) is 0 Å². The zero-order valence-corrected chi connectivity index (χ0v) is 12.8. The number of halogens is 3. The third-order valence-electron chi connectivity index (χ3n) is 2.65. The third-order valence-corrected chi connectivity index (χ3v) is 3.55. The normalized spacial score (nSPS) is 12.9. The molecule has 0 unspecified atom stereocenters. The molecule has 2 aromatic rings. The van der Waals surface area contributed by atoms with Gasteiger partial charge in [0, 0.05) is 23.7 Å². The first kappa shape index (κ1) is 16.0. The summed E-state index contributed by atoms with van der Waals surface area (Å²) in [5.41, 5.74) is -0.0370. The van der Waals surface area contributed by atoms with E-state index in [0.29, 0.717) is 12.2 Å². The van der Waals surface area contributed by atoms with Crippen molar-refractivity contribution >= 4 is 11.3 Å². The molecule has 0 atom stereocenters.